The molecule has 2 aliphatic heterocycles. The number of ether oxygens (including phenoxy) is 1. The summed E-state index contributed by atoms with van der Waals surface area (Å²) in [7, 11) is 0. The average Bonchev–Trinajstić information content (AvgIpc) is 3.50. The third-order valence-electron chi connectivity index (χ3n) is 7.75. The molecule has 2 saturated heterocycles. The van der Waals surface area contributed by atoms with E-state index in [0.717, 1.165) is 36.9 Å². The van der Waals surface area contributed by atoms with Gasteiger partial charge in [-0.05, 0) is 51.6 Å². The molecule has 6 rings (SSSR count). The molecule has 3 aromatic heterocycles. The van der Waals surface area contributed by atoms with E-state index in [2.05, 4.69) is 29.9 Å². The molecule has 15 heteroatoms. The van der Waals surface area contributed by atoms with Crippen LogP contribution in [-0.4, -0.2) is 85.0 Å². The Hall–Kier alpha value is -3.75. The number of H-pyrrole nitrogens is 1. The van der Waals surface area contributed by atoms with Gasteiger partial charge in [0.1, 0.15) is 11.2 Å². The Bertz CT molecular complexity index is 1440. The van der Waals surface area contributed by atoms with Crippen molar-refractivity contribution in [2.24, 2.45) is 0 Å². The SMILES string of the molecule is O=C(OC(=O)C(F)(F)F)N1CCC(c2cc(=O)[nH]c3c(-c4nc(C5CCN(C6CC6)CC5)no4)cnn23)CC1. The molecule has 0 unspecified atom stereocenters. The van der Waals surface area contributed by atoms with Crippen molar-refractivity contribution in [2.75, 3.05) is 26.2 Å². The largest absolute Gasteiger partial charge is 0.491 e. The van der Waals surface area contributed by atoms with Crippen LogP contribution in [0.1, 0.15) is 61.9 Å². The van der Waals surface area contributed by atoms with Crippen molar-refractivity contribution in [2.45, 2.75) is 62.6 Å². The molecule has 3 aliphatic rings. The fourth-order valence-electron chi connectivity index (χ4n) is 5.49. The van der Waals surface area contributed by atoms with E-state index in [-0.39, 0.29) is 36.4 Å². The summed E-state index contributed by atoms with van der Waals surface area (Å²) in [5, 5.41) is 8.63. The summed E-state index contributed by atoms with van der Waals surface area (Å²) in [4.78, 5) is 46.5. The Morgan fingerprint density at radius 1 is 1.03 bits per heavy atom. The summed E-state index contributed by atoms with van der Waals surface area (Å²) >= 11 is 0. The summed E-state index contributed by atoms with van der Waals surface area (Å²) in [5.41, 5.74) is 1.07. The minimum Gasteiger partial charge on any atom is -0.369 e. The van der Waals surface area contributed by atoms with Crippen molar-refractivity contribution in [1.82, 2.24) is 34.5 Å². The zero-order chi connectivity index (χ0) is 27.3. The van der Waals surface area contributed by atoms with Gasteiger partial charge in [0.25, 0.3) is 11.4 Å². The number of nitrogens with zero attached hydrogens (tertiary/aromatic N) is 6. The van der Waals surface area contributed by atoms with Gasteiger partial charge in [-0.15, -0.1) is 0 Å². The maximum absolute atomic E-state index is 12.6. The first-order valence-corrected chi connectivity index (χ1v) is 12.9. The molecule has 1 aliphatic carbocycles. The molecule has 1 amide bonds. The molecule has 1 saturated carbocycles. The van der Waals surface area contributed by atoms with E-state index in [0.29, 0.717) is 35.6 Å². The molecule has 208 valence electrons. The molecular formula is C24H26F3N7O5. The average molecular weight is 550 g/mol. The van der Waals surface area contributed by atoms with Crippen LogP contribution >= 0.6 is 0 Å². The van der Waals surface area contributed by atoms with E-state index in [4.69, 9.17) is 4.52 Å². The lowest BCUT2D eigenvalue weighted by Crippen LogP contribution is -2.41. The van der Waals surface area contributed by atoms with Crippen LogP contribution in [0.5, 0.6) is 0 Å². The number of halogens is 3. The topological polar surface area (TPSA) is 139 Å². The van der Waals surface area contributed by atoms with Crippen LogP contribution in [0.3, 0.4) is 0 Å². The summed E-state index contributed by atoms with van der Waals surface area (Å²) in [6.07, 6.45) is 0.0658. The number of carbonyl (C=O) groups excluding carboxylic acids is 2. The second-order valence-electron chi connectivity index (χ2n) is 10.3. The van der Waals surface area contributed by atoms with Gasteiger partial charge in [-0.1, -0.05) is 5.16 Å². The van der Waals surface area contributed by atoms with Gasteiger partial charge in [0, 0.05) is 37.0 Å². The van der Waals surface area contributed by atoms with Gasteiger partial charge in [-0.2, -0.15) is 23.3 Å². The van der Waals surface area contributed by atoms with Crippen molar-refractivity contribution in [3.63, 3.8) is 0 Å². The number of alkyl halides is 3. The van der Waals surface area contributed by atoms with Crippen LogP contribution in [0.25, 0.3) is 17.1 Å². The number of likely N-dealkylation sites (tertiary alicyclic amines) is 2. The maximum Gasteiger partial charge on any atom is 0.491 e. The molecule has 0 spiro atoms. The molecule has 3 fully saturated rings. The zero-order valence-electron chi connectivity index (χ0n) is 20.8. The molecule has 0 bridgehead atoms. The molecular weight excluding hydrogens is 523 g/mol. The van der Waals surface area contributed by atoms with Crippen LogP contribution in [0, 0.1) is 0 Å². The smallest absolute Gasteiger partial charge is 0.369 e. The third kappa shape index (κ3) is 5.14. The summed E-state index contributed by atoms with van der Waals surface area (Å²) in [6.45, 7) is 2.12. The number of fused-ring (bicyclic) bond motifs is 1. The highest BCUT2D eigenvalue weighted by Gasteiger charge is 2.43. The van der Waals surface area contributed by atoms with Crippen molar-refractivity contribution < 1.29 is 32.0 Å². The Balaban J connectivity index is 1.16. The Morgan fingerprint density at radius 2 is 1.72 bits per heavy atom. The van der Waals surface area contributed by atoms with E-state index in [9.17, 15) is 27.6 Å². The number of amides is 1. The predicted octanol–water partition coefficient (Wildman–Crippen LogP) is 2.82. The van der Waals surface area contributed by atoms with Gasteiger partial charge in [0.15, 0.2) is 5.82 Å². The third-order valence-corrected chi connectivity index (χ3v) is 7.75. The quantitative estimate of drug-likeness (QED) is 0.384. The lowest BCUT2D eigenvalue weighted by molar-refractivity contribution is -0.193. The van der Waals surface area contributed by atoms with Gasteiger partial charge in [0.05, 0.1) is 11.9 Å². The number of nitrogens with one attached hydrogen (secondary N) is 1. The van der Waals surface area contributed by atoms with Gasteiger partial charge in [0.2, 0.25) is 0 Å². The first-order chi connectivity index (χ1) is 18.7. The molecule has 0 aromatic carbocycles. The number of aromatic amines is 1. The Kier molecular flexibility index (Phi) is 6.40. The number of esters is 1. The molecule has 0 radical (unpaired) electrons. The standard InChI is InChI=1S/C24H26F3N7O5/c25-24(26,27)22(36)38-23(37)33-9-3-13(4-10-33)17-11-18(35)29-20-16(12-28-34(17)20)21-30-19(31-39-21)14-5-7-32(8-6-14)15-1-2-15/h11-15H,1-10H2,(H,29,35). The molecule has 12 nitrogen and oxygen atoms in total. The molecule has 5 heterocycles. The fourth-order valence-corrected chi connectivity index (χ4v) is 5.49. The highest BCUT2D eigenvalue weighted by Crippen LogP contribution is 2.35. The number of aromatic nitrogens is 5. The Labute approximate surface area is 219 Å². The van der Waals surface area contributed by atoms with E-state index in [1.54, 1.807) is 4.52 Å². The van der Waals surface area contributed by atoms with Gasteiger partial charge < -0.3 is 24.0 Å². The monoisotopic (exact) mass is 549 g/mol. The van der Waals surface area contributed by atoms with Crippen LogP contribution in [-0.2, 0) is 9.53 Å². The minimum absolute atomic E-state index is 0.0453. The molecule has 0 atom stereocenters. The van der Waals surface area contributed by atoms with E-state index < -0.39 is 18.2 Å². The van der Waals surface area contributed by atoms with Gasteiger partial charge in [-0.3, -0.25) is 4.79 Å². The lowest BCUT2D eigenvalue weighted by Gasteiger charge is -2.31. The zero-order valence-corrected chi connectivity index (χ0v) is 20.8. The first kappa shape index (κ1) is 25.5. The second-order valence-corrected chi connectivity index (χ2v) is 10.3. The lowest BCUT2D eigenvalue weighted by atomic mass is 9.93. The van der Waals surface area contributed by atoms with E-state index in [1.165, 1.54) is 25.1 Å². The highest BCUT2D eigenvalue weighted by molar-refractivity contribution is 5.87. The molecule has 3 aromatic rings. The van der Waals surface area contributed by atoms with E-state index >= 15 is 0 Å². The predicted molar refractivity (Wildman–Crippen MR) is 127 cm³/mol. The van der Waals surface area contributed by atoms with Gasteiger partial charge in [-0.25, -0.2) is 14.1 Å². The second kappa shape index (κ2) is 9.77. The molecule has 1 N–H and O–H groups in total. The maximum atomic E-state index is 12.6. The number of hydrogen-bond donors (Lipinski definition) is 1. The van der Waals surface area contributed by atoms with Crippen molar-refractivity contribution in [3.8, 4) is 11.5 Å². The van der Waals surface area contributed by atoms with E-state index in [1.807, 2.05) is 0 Å². The van der Waals surface area contributed by atoms with Crippen molar-refractivity contribution in [1.29, 1.82) is 0 Å². The minimum atomic E-state index is -5.25. The highest BCUT2D eigenvalue weighted by atomic mass is 19.4. The van der Waals surface area contributed by atoms with Crippen molar-refractivity contribution >= 4 is 17.7 Å². The molecule has 39 heavy (non-hydrogen) atoms. The number of hydrogen-bond acceptors (Lipinski definition) is 9. The van der Waals surface area contributed by atoms with Crippen LogP contribution in [0.15, 0.2) is 21.6 Å². The summed E-state index contributed by atoms with van der Waals surface area (Å²) in [6, 6.07) is 2.14. The Morgan fingerprint density at radius 3 is 2.38 bits per heavy atom. The number of carbonyl (C=O) groups is 2. The number of rotatable bonds is 4. The van der Waals surface area contributed by atoms with Crippen LogP contribution < -0.4 is 5.56 Å². The summed E-state index contributed by atoms with van der Waals surface area (Å²) < 4.78 is 48.3. The van der Waals surface area contributed by atoms with Crippen LogP contribution in [0.2, 0.25) is 0 Å². The number of piperidine rings is 2. The van der Waals surface area contributed by atoms with Gasteiger partial charge >= 0.3 is 18.2 Å². The van der Waals surface area contributed by atoms with Crippen molar-refractivity contribution in [3.05, 3.63) is 34.1 Å². The summed E-state index contributed by atoms with van der Waals surface area (Å²) in [5.74, 6) is -1.68. The van der Waals surface area contributed by atoms with Crippen LogP contribution in [0.4, 0.5) is 18.0 Å². The first-order valence-electron chi connectivity index (χ1n) is 12.9. The normalized spacial score (nSPS) is 20.0. The fraction of sp³-hybridized carbons (Fsp3) is 0.583.